The maximum Gasteiger partial charge on any atom is 0.274 e. The molecule has 0 saturated heterocycles. The van der Waals surface area contributed by atoms with Crippen molar-refractivity contribution in [3.05, 3.63) is 46.0 Å². The van der Waals surface area contributed by atoms with Crippen LogP contribution in [0.1, 0.15) is 0 Å². The molecule has 208 valence electrons. The summed E-state index contributed by atoms with van der Waals surface area (Å²) in [6.07, 6.45) is 0. The monoisotopic (exact) mass is 574 g/mol. The van der Waals surface area contributed by atoms with Gasteiger partial charge < -0.3 is 32.8 Å². The maximum atomic E-state index is 12.6. The van der Waals surface area contributed by atoms with Crippen molar-refractivity contribution < 1.29 is 33.3 Å². The number of hydrogen-bond donors (Lipinski definition) is 0. The molecular formula is C26H30N4O7S2. The number of carbonyl (C=O) groups excluding carboxylic acids is 2. The molecule has 2 aromatic carbocycles. The van der Waals surface area contributed by atoms with Gasteiger partial charge in [-0.15, -0.1) is 0 Å². The second-order valence-electron chi connectivity index (χ2n) is 8.18. The number of thiazole rings is 2. The zero-order valence-corrected chi connectivity index (χ0v) is 23.8. The quantitative estimate of drug-likeness (QED) is 0.256. The van der Waals surface area contributed by atoms with Gasteiger partial charge in [-0.2, -0.15) is 9.98 Å². The molecule has 2 aromatic heterocycles. The number of fused-ring (bicyclic) bond motifs is 2. The molecule has 0 atom stereocenters. The lowest BCUT2D eigenvalue weighted by molar-refractivity contribution is -0.127. The molecule has 0 N–H and O–H groups in total. The number of rotatable bonds is 12. The van der Waals surface area contributed by atoms with Gasteiger partial charge in [-0.25, -0.2) is 0 Å². The van der Waals surface area contributed by atoms with Crippen molar-refractivity contribution in [2.75, 3.05) is 54.9 Å². The molecule has 0 unspecified atom stereocenters. The number of carbonyl (C=O) groups is 2. The summed E-state index contributed by atoms with van der Waals surface area (Å²) in [5, 5.41) is 0. The summed E-state index contributed by atoms with van der Waals surface area (Å²) in [5.41, 5.74) is 1.68. The number of benzene rings is 2. The predicted octanol–water partition coefficient (Wildman–Crippen LogP) is 2.60. The molecule has 0 aliphatic rings. The highest BCUT2D eigenvalue weighted by Gasteiger charge is 2.14. The summed E-state index contributed by atoms with van der Waals surface area (Å²) in [7, 11) is 6.41. The third-order valence-electron chi connectivity index (χ3n) is 5.70. The zero-order valence-electron chi connectivity index (χ0n) is 22.2. The minimum atomic E-state index is -0.513. The van der Waals surface area contributed by atoms with E-state index < -0.39 is 11.8 Å². The number of hydrogen-bond acceptors (Lipinski definition) is 9. The lowest BCUT2D eigenvalue weighted by atomic mass is 10.3. The smallest absolute Gasteiger partial charge is 0.274 e. The lowest BCUT2D eigenvalue weighted by Gasteiger charge is -2.08. The topological polar surface area (TPSA) is 115 Å². The van der Waals surface area contributed by atoms with Crippen molar-refractivity contribution in [2.45, 2.75) is 13.1 Å². The van der Waals surface area contributed by atoms with Gasteiger partial charge in [0.25, 0.3) is 11.8 Å². The van der Waals surface area contributed by atoms with E-state index >= 15 is 0 Å². The fraction of sp³-hybridized carbons (Fsp3) is 0.385. The van der Waals surface area contributed by atoms with E-state index in [0.717, 1.165) is 20.4 Å². The summed E-state index contributed by atoms with van der Waals surface area (Å²) in [5.74, 6) is 0.333. The standard InChI is InChI=1S/C26H30N4O7S2/c1-33-13-11-29-23-17(35-3)7-5-9-19(23)38-25(29)27-21(31)15-37-16-22(32)28-26-30(12-14-34-2)24-18(36-4)8-6-10-20(24)39-26/h5-10H,11-16H2,1-4H3. The molecule has 13 heteroatoms. The van der Waals surface area contributed by atoms with Crippen molar-refractivity contribution in [2.24, 2.45) is 9.98 Å². The van der Waals surface area contributed by atoms with E-state index in [-0.39, 0.29) is 13.2 Å². The summed E-state index contributed by atoms with van der Waals surface area (Å²) >= 11 is 2.73. The fourth-order valence-corrected chi connectivity index (χ4v) is 6.16. The number of para-hydroxylation sites is 2. The number of amides is 2. The molecule has 39 heavy (non-hydrogen) atoms. The first-order valence-corrected chi connectivity index (χ1v) is 13.7. The van der Waals surface area contributed by atoms with Gasteiger partial charge in [0.1, 0.15) is 35.7 Å². The van der Waals surface area contributed by atoms with Gasteiger partial charge in [-0.1, -0.05) is 34.8 Å². The van der Waals surface area contributed by atoms with Crippen LogP contribution in [0.2, 0.25) is 0 Å². The van der Waals surface area contributed by atoms with E-state index in [1.165, 1.54) is 22.7 Å². The fourth-order valence-electron chi connectivity index (χ4n) is 3.98. The van der Waals surface area contributed by atoms with Crippen molar-refractivity contribution in [3.63, 3.8) is 0 Å². The molecule has 0 saturated carbocycles. The van der Waals surface area contributed by atoms with E-state index in [2.05, 4.69) is 9.98 Å². The largest absolute Gasteiger partial charge is 0.495 e. The minimum Gasteiger partial charge on any atom is -0.495 e. The Morgan fingerprint density at radius 2 is 1.15 bits per heavy atom. The lowest BCUT2D eigenvalue weighted by Crippen LogP contribution is -2.22. The molecule has 0 aliphatic carbocycles. The number of ether oxygens (including phenoxy) is 5. The van der Waals surface area contributed by atoms with Crippen LogP contribution in [0.5, 0.6) is 11.5 Å². The van der Waals surface area contributed by atoms with Crippen LogP contribution >= 0.6 is 22.7 Å². The third-order valence-corrected chi connectivity index (χ3v) is 7.78. The summed E-state index contributed by atoms with van der Waals surface area (Å²) < 4.78 is 32.5. The van der Waals surface area contributed by atoms with Crippen LogP contribution in [-0.2, 0) is 36.9 Å². The second kappa shape index (κ2) is 13.6. The SMILES string of the molecule is COCCn1c(=NC(=O)COCC(=O)N=c2sc3cccc(OC)c3n2CCOC)sc2cccc(OC)c21. The van der Waals surface area contributed by atoms with Crippen LogP contribution in [-0.4, -0.2) is 75.8 Å². The van der Waals surface area contributed by atoms with Crippen molar-refractivity contribution in [3.8, 4) is 11.5 Å². The average Bonchev–Trinajstić information content (AvgIpc) is 3.47. The van der Waals surface area contributed by atoms with Crippen molar-refractivity contribution in [1.29, 1.82) is 0 Å². The van der Waals surface area contributed by atoms with Gasteiger partial charge in [-0.05, 0) is 24.3 Å². The number of aromatic nitrogens is 2. The van der Waals surface area contributed by atoms with Crippen LogP contribution in [0.25, 0.3) is 20.4 Å². The van der Waals surface area contributed by atoms with Gasteiger partial charge in [0, 0.05) is 27.3 Å². The summed E-state index contributed by atoms with van der Waals surface area (Å²) in [6, 6.07) is 11.4. The molecule has 11 nitrogen and oxygen atoms in total. The highest BCUT2D eigenvalue weighted by molar-refractivity contribution is 7.16. The maximum absolute atomic E-state index is 12.6. The Bertz CT molecular complexity index is 1480. The van der Waals surface area contributed by atoms with Gasteiger partial charge in [0.15, 0.2) is 9.60 Å². The third kappa shape index (κ3) is 6.62. The van der Waals surface area contributed by atoms with Crippen molar-refractivity contribution in [1.82, 2.24) is 9.13 Å². The second-order valence-corrected chi connectivity index (χ2v) is 10.2. The molecule has 0 fully saturated rings. The molecule has 0 radical (unpaired) electrons. The van der Waals surface area contributed by atoms with E-state index in [1.807, 2.05) is 45.5 Å². The minimum absolute atomic E-state index is 0.360. The number of nitrogens with zero attached hydrogens (tertiary/aromatic N) is 4. The Morgan fingerprint density at radius 1 is 0.718 bits per heavy atom. The molecule has 0 spiro atoms. The Balaban J connectivity index is 1.51. The first kappa shape index (κ1) is 28.6. The van der Waals surface area contributed by atoms with E-state index in [0.29, 0.717) is 47.4 Å². The first-order chi connectivity index (χ1) is 19.0. The molecule has 0 aliphatic heterocycles. The predicted molar refractivity (Wildman–Crippen MR) is 148 cm³/mol. The van der Waals surface area contributed by atoms with E-state index in [9.17, 15) is 9.59 Å². The van der Waals surface area contributed by atoms with Crippen molar-refractivity contribution >= 4 is 54.9 Å². The Kier molecular flexibility index (Phi) is 10.0. The van der Waals surface area contributed by atoms with Crippen LogP contribution in [0.15, 0.2) is 46.4 Å². The molecule has 4 aromatic rings. The first-order valence-electron chi connectivity index (χ1n) is 12.0. The van der Waals surface area contributed by atoms with Crippen LogP contribution < -0.4 is 19.1 Å². The molecule has 2 heterocycles. The van der Waals surface area contributed by atoms with Crippen LogP contribution in [0, 0.1) is 0 Å². The Labute approximate surface area is 232 Å². The van der Waals surface area contributed by atoms with Gasteiger partial charge in [-0.3, -0.25) is 9.59 Å². The Hall–Kier alpha value is -3.36. The van der Waals surface area contributed by atoms with Crippen LogP contribution in [0.3, 0.4) is 0 Å². The number of methoxy groups -OCH3 is 4. The Morgan fingerprint density at radius 3 is 1.54 bits per heavy atom. The highest BCUT2D eigenvalue weighted by atomic mass is 32.1. The normalized spacial score (nSPS) is 12.5. The van der Waals surface area contributed by atoms with E-state index in [1.54, 1.807) is 28.4 Å². The molecule has 0 bridgehead atoms. The summed E-state index contributed by atoms with van der Waals surface area (Å²) in [4.78, 5) is 34.7. The zero-order chi connectivity index (χ0) is 27.8. The average molecular weight is 575 g/mol. The highest BCUT2D eigenvalue weighted by Crippen LogP contribution is 2.28. The van der Waals surface area contributed by atoms with Gasteiger partial charge in [0.05, 0.1) is 36.8 Å². The molecular weight excluding hydrogens is 544 g/mol. The molecule has 2 amide bonds. The summed E-state index contributed by atoms with van der Waals surface area (Å²) in [6.45, 7) is 1.13. The molecule has 4 rings (SSSR count). The van der Waals surface area contributed by atoms with Gasteiger partial charge in [0.2, 0.25) is 0 Å². The van der Waals surface area contributed by atoms with Crippen LogP contribution in [0.4, 0.5) is 0 Å². The van der Waals surface area contributed by atoms with E-state index in [4.69, 9.17) is 23.7 Å². The van der Waals surface area contributed by atoms with Gasteiger partial charge >= 0.3 is 0 Å².